The van der Waals surface area contributed by atoms with Crippen LogP contribution in [0.15, 0.2) is 41.1 Å². The highest BCUT2D eigenvalue weighted by molar-refractivity contribution is 5.81. The first kappa shape index (κ1) is 12.7. The lowest BCUT2D eigenvalue weighted by atomic mass is 10.1. The zero-order chi connectivity index (χ0) is 13.8. The summed E-state index contributed by atoms with van der Waals surface area (Å²) in [5, 5.41) is 8.34. The molecule has 0 amide bonds. The van der Waals surface area contributed by atoms with Crippen LogP contribution < -0.4 is 5.32 Å². The van der Waals surface area contributed by atoms with Crippen molar-refractivity contribution in [3.05, 3.63) is 53.8 Å². The largest absolute Gasteiger partial charge is 0.340 e. The molecule has 102 valence electrons. The summed E-state index contributed by atoms with van der Waals surface area (Å²) in [4.78, 5) is 8.61. The molecule has 20 heavy (non-hydrogen) atoms. The van der Waals surface area contributed by atoms with E-state index in [1.54, 1.807) is 6.92 Å². The molecule has 3 rings (SSSR count). The number of hydrogen-bond donors (Lipinski definition) is 1. The van der Waals surface area contributed by atoms with Crippen LogP contribution in [0.2, 0.25) is 0 Å². The SMILES string of the molecule is Cc1nc(CNCCc2cccc3cccnc23)no1. The van der Waals surface area contributed by atoms with Crippen LogP contribution in [0.3, 0.4) is 0 Å². The number of rotatable bonds is 5. The van der Waals surface area contributed by atoms with Crippen LogP contribution in [-0.2, 0) is 13.0 Å². The molecule has 0 spiro atoms. The van der Waals surface area contributed by atoms with Crippen molar-refractivity contribution in [2.45, 2.75) is 19.9 Å². The number of nitrogens with one attached hydrogen (secondary N) is 1. The second-order valence-corrected chi connectivity index (χ2v) is 4.65. The molecular formula is C15H16N4O. The Morgan fingerprint density at radius 1 is 1.20 bits per heavy atom. The van der Waals surface area contributed by atoms with Gasteiger partial charge in [-0.25, -0.2) is 0 Å². The van der Waals surface area contributed by atoms with E-state index in [0.29, 0.717) is 18.3 Å². The van der Waals surface area contributed by atoms with Gasteiger partial charge in [0.25, 0.3) is 0 Å². The molecule has 0 fully saturated rings. The standard InChI is InChI=1S/C15H16N4O/c1-11-18-14(19-20-11)10-16-9-7-13-5-2-4-12-6-3-8-17-15(12)13/h2-6,8,16H,7,9-10H2,1H3. The second-order valence-electron chi connectivity index (χ2n) is 4.65. The van der Waals surface area contributed by atoms with Crippen molar-refractivity contribution < 1.29 is 4.52 Å². The average molecular weight is 268 g/mol. The summed E-state index contributed by atoms with van der Waals surface area (Å²) in [5.41, 5.74) is 2.33. The number of aryl methyl sites for hydroxylation is 1. The Morgan fingerprint density at radius 2 is 2.10 bits per heavy atom. The van der Waals surface area contributed by atoms with E-state index < -0.39 is 0 Å². The molecule has 5 heteroatoms. The topological polar surface area (TPSA) is 63.8 Å². The van der Waals surface area contributed by atoms with Gasteiger partial charge in [-0.05, 0) is 24.6 Å². The van der Waals surface area contributed by atoms with Crippen LogP contribution in [0, 0.1) is 6.92 Å². The number of para-hydroxylation sites is 1. The van der Waals surface area contributed by atoms with Crippen molar-refractivity contribution >= 4 is 10.9 Å². The predicted molar refractivity (Wildman–Crippen MR) is 76.2 cm³/mol. The molecule has 0 aliphatic rings. The lowest BCUT2D eigenvalue weighted by molar-refractivity contribution is 0.385. The molecular weight excluding hydrogens is 252 g/mol. The molecule has 0 atom stereocenters. The molecule has 0 bridgehead atoms. The zero-order valence-electron chi connectivity index (χ0n) is 11.3. The Balaban J connectivity index is 1.60. The molecule has 0 saturated carbocycles. The maximum absolute atomic E-state index is 4.93. The third-order valence-electron chi connectivity index (χ3n) is 3.14. The van der Waals surface area contributed by atoms with Gasteiger partial charge in [0.2, 0.25) is 5.89 Å². The van der Waals surface area contributed by atoms with Crippen LogP contribution >= 0.6 is 0 Å². The van der Waals surface area contributed by atoms with Gasteiger partial charge in [0.1, 0.15) is 0 Å². The monoisotopic (exact) mass is 268 g/mol. The van der Waals surface area contributed by atoms with Crippen molar-refractivity contribution in [1.82, 2.24) is 20.4 Å². The average Bonchev–Trinajstić information content (AvgIpc) is 2.89. The summed E-state index contributed by atoms with van der Waals surface area (Å²) < 4.78 is 4.93. The van der Waals surface area contributed by atoms with Crippen LogP contribution in [0.1, 0.15) is 17.3 Å². The number of fused-ring (bicyclic) bond motifs is 1. The Labute approximate surface area is 117 Å². The fourth-order valence-electron chi connectivity index (χ4n) is 2.21. The Hall–Kier alpha value is -2.27. The summed E-state index contributed by atoms with van der Waals surface area (Å²) >= 11 is 0. The van der Waals surface area contributed by atoms with E-state index in [0.717, 1.165) is 18.5 Å². The van der Waals surface area contributed by atoms with Crippen LogP contribution in [0.5, 0.6) is 0 Å². The molecule has 0 aliphatic heterocycles. The van der Waals surface area contributed by atoms with E-state index in [1.807, 2.05) is 12.3 Å². The number of benzene rings is 1. The minimum Gasteiger partial charge on any atom is -0.340 e. The number of hydrogen-bond acceptors (Lipinski definition) is 5. The van der Waals surface area contributed by atoms with Crippen LogP contribution in [0.4, 0.5) is 0 Å². The van der Waals surface area contributed by atoms with Gasteiger partial charge >= 0.3 is 0 Å². The maximum atomic E-state index is 4.93. The molecule has 5 nitrogen and oxygen atoms in total. The third-order valence-corrected chi connectivity index (χ3v) is 3.14. The van der Waals surface area contributed by atoms with E-state index in [1.165, 1.54) is 10.9 Å². The van der Waals surface area contributed by atoms with Crippen molar-refractivity contribution in [1.29, 1.82) is 0 Å². The minimum absolute atomic E-state index is 0.597. The second kappa shape index (κ2) is 5.79. The molecule has 3 aromatic rings. The molecule has 2 aromatic heterocycles. The molecule has 1 N–H and O–H groups in total. The molecule has 0 radical (unpaired) electrons. The first-order chi connectivity index (χ1) is 9.83. The lowest BCUT2D eigenvalue weighted by Gasteiger charge is -2.06. The van der Waals surface area contributed by atoms with Crippen molar-refractivity contribution in [2.75, 3.05) is 6.54 Å². The lowest BCUT2D eigenvalue weighted by Crippen LogP contribution is -2.17. The Kier molecular flexibility index (Phi) is 3.69. The van der Waals surface area contributed by atoms with E-state index in [-0.39, 0.29) is 0 Å². The maximum Gasteiger partial charge on any atom is 0.223 e. The first-order valence-electron chi connectivity index (χ1n) is 6.65. The van der Waals surface area contributed by atoms with Gasteiger partial charge in [0, 0.05) is 18.5 Å². The summed E-state index contributed by atoms with van der Waals surface area (Å²) in [6.07, 6.45) is 2.76. The number of pyridine rings is 1. The molecule has 0 saturated heterocycles. The molecule has 0 aliphatic carbocycles. The van der Waals surface area contributed by atoms with E-state index in [2.05, 4.69) is 44.7 Å². The first-order valence-corrected chi connectivity index (χ1v) is 6.65. The molecule has 1 aromatic carbocycles. The summed E-state index contributed by atoms with van der Waals surface area (Å²) in [7, 11) is 0. The smallest absolute Gasteiger partial charge is 0.223 e. The van der Waals surface area contributed by atoms with Gasteiger partial charge in [-0.3, -0.25) is 4.98 Å². The summed E-state index contributed by atoms with van der Waals surface area (Å²) in [5.74, 6) is 1.29. The molecule has 0 unspecified atom stereocenters. The third kappa shape index (κ3) is 2.83. The van der Waals surface area contributed by atoms with Crippen molar-refractivity contribution in [2.24, 2.45) is 0 Å². The predicted octanol–water partition coefficient (Wildman–Crippen LogP) is 2.26. The van der Waals surface area contributed by atoms with Crippen LogP contribution in [0.25, 0.3) is 10.9 Å². The fourth-order valence-corrected chi connectivity index (χ4v) is 2.21. The van der Waals surface area contributed by atoms with Gasteiger partial charge in [-0.1, -0.05) is 29.4 Å². The van der Waals surface area contributed by atoms with E-state index >= 15 is 0 Å². The van der Waals surface area contributed by atoms with Crippen molar-refractivity contribution in [3.8, 4) is 0 Å². The highest BCUT2D eigenvalue weighted by atomic mass is 16.5. The van der Waals surface area contributed by atoms with Crippen LogP contribution in [-0.4, -0.2) is 21.7 Å². The Bertz CT molecular complexity index is 702. The van der Waals surface area contributed by atoms with Crippen molar-refractivity contribution in [3.63, 3.8) is 0 Å². The van der Waals surface area contributed by atoms with E-state index in [4.69, 9.17) is 4.52 Å². The van der Waals surface area contributed by atoms with E-state index in [9.17, 15) is 0 Å². The normalized spacial score (nSPS) is 11.1. The number of nitrogens with zero attached hydrogens (tertiary/aromatic N) is 3. The van der Waals surface area contributed by atoms with Gasteiger partial charge in [-0.15, -0.1) is 0 Å². The number of aromatic nitrogens is 3. The molecule has 2 heterocycles. The summed E-state index contributed by atoms with van der Waals surface area (Å²) in [6.45, 7) is 3.26. The van der Waals surface area contributed by atoms with Gasteiger partial charge in [-0.2, -0.15) is 4.98 Å². The van der Waals surface area contributed by atoms with Gasteiger partial charge in [0.05, 0.1) is 12.1 Å². The highest BCUT2D eigenvalue weighted by Crippen LogP contribution is 2.15. The fraction of sp³-hybridized carbons (Fsp3) is 0.267. The highest BCUT2D eigenvalue weighted by Gasteiger charge is 2.03. The quantitative estimate of drug-likeness (QED) is 0.719. The zero-order valence-corrected chi connectivity index (χ0v) is 11.3. The van der Waals surface area contributed by atoms with Gasteiger partial charge in [0.15, 0.2) is 5.82 Å². The summed E-state index contributed by atoms with van der Waals surface area (Å²) in [6, 6.07) is 10.3. The van der Waals surface area contributed by atoms with Gasteiger partial charge < -0.3 is 9.84 Å². The Morgan fingerprint density at radius 3 is 2.95 bits per heavy atom. The minimum atomic E-state index is 0.597.